The molecule has 1 aromatic carbocycles. The molecule has 0 aliphatic rings. The lowest BCUT2D eigenvalue weighted by molar-refractivity contribution is -0.122. The van der Waals surface area contributed by atoms with Crippen molar-refractivity contribution in [1.29, 1.82) is 0 Å². The summed E-state index contributed by atoms with van der Waals surface area (Å²) >= 11 is 0. The first-order chi connectivity index (χ1) is 8.19. The van der Waals surface area contributed by atoms with E-state index < -0.39 is 0 Å². The Balaban J connectivity index is 2.59. The second kappa shape index (κ2) is 7.04. The van der Waals surface area contributed by atoms with E-state index in [0.717, 1.165) is 5.56 Å². The smallest absolute Gasteiger partial charge is 0.228 e. The third kappa shape index (κ3) is 4.17. The Kier molecular flexibility index (Phi) is 5.66. The minimum Gasteiger partial charge on any atom is -0.396 e. The second-order valence-corrected chi connectivity index (χ2v) is 4.23. The normalized spacial score (nSPS) is 14.1. The number of carbonyl (C=O) groups is 1. The molecule has 94 valence electrons. The molecular formula is C13H20N2O2. The van der Waals surface area contributed by atoms with Gasteiger partial charge in [-0.3, -0.25) is 4.79 Å². The van der Waals surface area contributed by atoms with Crippen LogP contribution in [0.5, 0.6) is 0 Å². The molecule has 0 heterocycles. The fourth-order valence-corrected chi connectivity index (χ4v) is 1.54. The Morgan fingerprint density at radius 3 is 2.59 bits per heavy atom. The first-order valence-electron chi connectivity index (χ1n) is 5.82. The van der Waals surface area contributed by atoms with E-state index in [1.165, 1.54) is 0 Å². The summed E-state index contributed by atoms with van der Waals surface area (Å²) in [6.45, 7) is 2.70. The Morgan fingerprint density at radius 2 is 2.06 bits per heavy atom. The van der Waals surface area contributed by atoms with Crippen LogP contribution >= 0.6 is 0 Å². The van der Waals surface area contributed by atoms with Gasteiger partial charge in [0.1, 0.15) is 0 Å². The number of amides is 1. The monoisotopic (exact) mass is 236 g/mol. The van der Waals surface area contributed by atoms with Crippen molar-refractivity contribution in [1.82, 2.24) is 5.32 Å². The third-order valence-corrected chi connectivity index (χ3v) is 2.69. The minimum absolute atomic E-state index is 0.0631. The summed E-state index contributed by atoms with van der Waals surface area (Å²) in [6.07, 6.45) is 0. The number of nitrogens with one attached hydrogen (secondary N) is 1. The standard InChI is InChI=1S/C13H20N2O2/c1-10(9-16)8-15-13(17)12(7-14)11-5-3-2-4-6-11/h2-6,10,12,16H,7-9,14H2,1H3,(H,15,17). The van der Waals surface area contributed by atoms with Crippen LogP contribution in [0, 0.1) is 5.92 Å². The van der Waals surface area contributed by atoms with Gasteiger partial charge in [-0.05, 0) is 11.5 Å². The van der Waals surface area contributed by atoms with Crippen molar-refractivity contribution in [3.05, 3.63) is 35.9 Å². The van der Waals surface area contributed by atoms with E-state index in [9.17, 15) is 4.79 Å². The highest BCUT2D eigenvalue weighted by molar-refractivity contribution is 5.83. The maximum absolute atomic E-state index is 11.9. The lowest BCUT2D eigenvalue weighted by Gasteiger charge is -2.16. The summed E-state index contributed by atoms with van der Waals surface area (Å²) in [5, 5.41) is 11.7. The summed E-state index contributed by atoms with van der Waals surface area (Å²) in [4.78, 5) is 11.9. The number of benzene rings is 1. The molecule has 2 unspecified atom stereocenters. The van der Waals surface area contributed by atoms with Crippen LogP contribution in [-0.4, -0.2) is 30.7 Å². The lowest BCUT2D eigenvalue weighted by atomic mass is 9.98. The van der Waals surface area contributed by atoms with Crippen molar-refractivity contribution < 1.29 is 9.90 Å². The quantitative estimate of drug-likeness (QED) is 0.672. The number of hydrogen-bond acceptors (Lipinski definition) is 3. The summed E-state index contributed by atoms with van der Waals surface area (Å²) < 4.78 is 0. The van der Waals surface area contributed by atoms with Crippen LogP contribution in [0.25, 0.3) is 0 Å². The SMILES string of the molecule is CC(CO)CNC(=O)C(CN)c1ccccc1. The van der Waals surface area contributed by atoms with Gasteiger partial charge in [0.05, 0.1) is 5.92 Å². The van der Waals surface area contributed by atoms with Gasteiger partial charge >= 0.3 is 0 Å². The van der Waals surface area contributed by atoms with E-state index in [1.807, 2.05) is 37.3 Å². The highest BCUT2D eigenvalue weighted by atomic mass is 16.3. The van der Waals surface area contributed by atoms with E-state index in [1.54, 1.807) is 0 Å². The average molecular weight is 236 g/mol. The summed E-state index contributed by atoms with van der Waals surface area (Å²) in [5.74, 6) is -0.339. The van der Waals surface area contributed by atoms with Crippen LogP contribution < -0.4 is 11.1 Å². The summed E-state index contributed by atoms with van der Waals surface area (Å²) in [7, 11) is 0. The van der Waals surface area contributed by atoms with E-state index in [2.05, 4.69) is 5.32 Å². The fraction of sp³-hybridized carbons (Fsp3) is 0.462. The summed E-state index contributed by atoms with van der Waals surface area (Å²) in [6, 6.07) is 9.48. The molecule has 0 bridgehead atoms. The molecular weight excluding hydrogens is 216 g/mol. The van der Waals surface area contributed by atoms with Crippen molar-refractivity contribution in [2.45, 2.75) is 12.8 Å². The van der Waals surface area contributed by atoms with Crippen molar-refractivity contribution >= 4 is 5.91 Å². The first-order valence-corrected chi connectivity index (χ1v) is 5.82. The van der Waals surface area contributed by atoms with Crippen LogP contribution in [-0.2, 0) is 4.79 Å². The van der Waals surface area contributed by atoms with E-state index in [-0.39, 0.29) is 30.9 Å². The fourth-order valence-electron chi connectivity index (χ4n) is 1.54. The maximum Gasteiger partial charge on any atom is 0.228 e. The molecule has 0 radical (unpaired) electrons. The Hall–Kier alpha value is -1.39. The second-order valence-electron chi connectivity index (χ2n) is 4.23. The van der Waals surface area contributed by atoms with Crippen molar-refractivity contribution in [3.8, 4) is 0 Å². The highest BCUT2D eigenvalue weighted by Crippen LogP contribution is 2.14. The van der Waals surface area contributed by atoms with Crippen LogP contribution in [0.15, 0.2) is 30.3 Å². The first kappa shape index (κ1) is 13.7. The third-order valence-electron chi connectivity index (χ3n) is 2.69. The van der Waals surface area contributed by atoms with E-state index in [4.69, 9.17) is 10.8 Å². The molecule has 2 atom stereocenters. The molecule has 0 saturated heterocycles. The molecule has 0 aromatic heterocycles. The molecule has 0 spiro atoms. The molecule has 17 heavy (non-hydrogen) atoms. The Morgan fingerprint density at radius 1 is 1.41 bits per heavy atom. The van der Waals surface area contributed by atoms with Gasteiger partial charge in [-0.15, -0.1) is 0 Å². The Labute approximate surface area is 102 Å². The summed E-state index contributed by atoms with van der Waals surface area (Å²) in [5.41, 5.74) is 6.55. The van der Waals surface area contributed by atoms with Gasteiger partial charge in [0.2, 0.25) is 5.91 Å². The van der Waals surface area contributed by atoms with Gasteiger partial charge in [-0.1, -0.05) is 37.3 Å². The van der Waals surface area contributed by atoms with Crippen LogP contribution in [0.3, 0.4) is 0 Å². The van der Waals surface area contributed by atoms with E-state index in [0.29, 0.717) is 6.54 Å². The number of carbonyl (C=O) groups excluding carboxylic acids is 1. The van der Waals surface area contributed by atoms with Gasteiger partial charge in [-0.25, -0.2) is 0 Å². The van der Waals surface area contributed by atoms with Gasteiger partial charge in [0.25, 0.3) is 0 Å². The number of hydrogen-bond donors (Lipinski definition) is 3. The largest absolute Gasteiger partial charge is 0.396 e. The van der Waals surface area contributed by atoms with Crippen molar-refractivity contribution in [2.75, 3.05) is 19.7 Å². The van der Waals surface area contributed by atoms with Crippen LogP contribution in [0.4, 0.5) is 0 Å². The molecule has 0 aliphatic heterocycles. The molecule has 4 heteroatoms. The topological polar surface area (TPSA) is 75.3 Å². The molecule has 0 aliphatic carbocycles. The molecule has 4 nitrogen and oxygen atoms in total. The molecule has 0 saturated carbocycles. The predicted octanol–water partition coefficient (Wildman–Crippen LogP) is 0.474. The predicted molar refractivity (Wildman–Crippen MR) is 67.5 cm³/mol. The average Bonchev–Trinajstić information content (AvgIpc) is 2.38. The van der Waals surface area contributed by atoms with E-state index >= 15 is 0 Å². The molecule has 1 aromatic rings. The molecule has 1 rings (SSSR count). The van der Waals surface area contributed by atoms with Gasteiger partial charge in [0.15, 0.2) is 0 Å². The number of aliphatic hydroxyl groups is 1. The van der Waals surface area contributed by atoms with Gasteiger partial charge in [0, 0.05) is 19.7 Å². The molecule has 4 N–H and O–H groups in total. The minimum atomic E-state index is -0.318. The van der Waals surface area contributed by atoms with Crippen LogP contribution in [0.2, 0.25) is 0 Å². The molecule has 0 fully saturated rings. The lowest BCUT2D eigenvalue weighted by Crippen LogP contribution is -2.36. The number of rotatable bonds is 6. The van der Waals surface area contributed by atoms with Crippen LogP contribution in [0.1, 0.15) is 18.4 Å². The zero-order valence-corrected chi connectivity index (χ0v) is 10.1. The van der Waals surface area contributed by atoms with Crippen molar-refractivity contribution in [3.63, 3.8) is 0 Å². The highest BCUT2D eigenvalue weighted by Gasteiger charge is 2.18. The maximum atomic E-state index is 11.9. The zero-order chi connectivity index (χ0) is 12.7. The zero-order valence-electron chi connectivity index (χ0n) is 10.1. The number of nitrogens with two attached hydrogens (primary N) is 1. The Bertz CT molecular complexity index is 341. The molecule has 1 amide bonds. The van der Waals surface area contributed by atoms with Gasteiger partial charge in [-0.2, -0.15) is 0 Å². The van der Waals surface area contributed by atoms with Crippen molar-refractivity contribution in [2.24, 2.45) is 11.7 Å². The number of aliphatic hydroxyl groups excluding tert-OH is 1. The van der Waals surface area contributed by atoms with Gasteiger partial charge < -0.3 is 16.2 Å².